The van der Waals surface area contributed by atoms with Crippen LogP contribution in [0.15, 0.2) is 87.2 Å². The number of aliphatic hydroxyl groups is 1. The van der Waals surface area contributed by atoms with E-state index < -0.39 is 11.8 Å². The lowest BCUT2D eigenvalue weighted by Crippen LogP contribution is -2.38. The zero-order chi connectivity index (χ0) is 57.8. The number of rotatable bonds is 38. The van der Waals surface area contributed by atoms with Crippen LogP contribution in [0.2, 0.25) is 0 Å². The molecule has 0 amide bonds. The molecule has 5 nitrogen and oxygen atoms in total. The van der Waals surface area contributed by atoms with Gasteiger partial charge >= 0.3 is 0 Å². The number of nitrogens with zero attached hydrogens (tertiary/aromatic N) is 2. The topological polar surface area (TPSA) is 53.0 Å². The van der Waals surface area contributed by atoms with Crippen LogP contribution in [0.5, 0.6) is 0 Å². The molecule has 2 rings (SSSR count). The Labute approximate surface area is 489 Å². The number of fused-ring (bicyclic) bond motifs is 1. The predicted molar refractivity (Wildman–Crippen MR) is 348 cm³/mol. The number of hydrogen-bond acceptors (Lipinski definition) is 8. The second-order valence-corrected chi connectivity index (χ2v) is 28.4. The number of thiol groups is 1. The fraction of sp³-hybridized carbons (Fsp3) is 0.696. The summed E-state index contributed by atoms with van der Waals surface area (Å²) in [4.78, 5) is 21.2. The molecule has 0 fully saturated rings. The second-order valence-electron chi connectivity index (χ2n) is 25.9. The van der Waals surface area contributed by atoms with Crippen LogP contribution in [0, 0.1) is 34.5 Å². The zero-order valence-electron chi connectivity index (χ0n) is 52.7. The molecule has 0 saturated carbocycles. The molecule has 8 heteroatoms. The molecule has 1 aromatic heterocycles. The number of unbranched alkanes of at least 4 members (excludes halogenated alkanes) is 8. The molecule has 2 heterocycles. The lowest BCUT2D eigenvalue weighted by Gasteiger charge is -2.41. The number of aldehydes is 1. The number of hydrogen-bond donors (Lipinski definition) is 2. The average Bonchev–Trinajstić information content (AvgIpc) is 3.80. The van der Waals surface area contributed by atoms with Gasteiger partial charge in [0.05, 0.1) is 5.70 Å². The van der Waals surface area contributed by atoms with Crippen LogP contribution >= 0.6 is 35.7 Å². The normalized spacial score (nSPS) is 17.8. The van der Waals surface area contributed by atoms with Crippen LogP contribution < -0.4 is 0 Å². The largest absolute Gasteiger partial charge is 0.482 e. The van der Waals surface area contributed by atoms with E-state index in [9.17, 15) is 9.90 Å². The third-order valence-corrected chi connectivity index (χ3v) is 18.1. The van der Waals surface area contributed by atoms with Crippen molar-refractivity contribution < 1.29 is 14.6 Å². The molecule has 0 aliphatic carbocycles. The summed E-state index contributed by atoms with van der Waals surface area (Å²) in [5, 5.41) is 12.5. The van der Waals surface area contributed by atoms with Crippen molar-refractivity contribution in [2.75, 3.05) is 26.4 Å². The molecule has 77 heavy (non-hydrogen) atoms. The highest BCUT2D eigenvalue weighted by Crippen LogP contribution is 2.52. The van der Waals surface area contributed by atoms with Crippen molar-refractivity contribution in [1.82, 2.24) is 9.80 Å². The Kier molecular flexibility index (Phi) is 33.5. The fourth-order valence-corrected chi connectivity index (χ4v) is 12.9. The molecule has 0 bridgehead atoms. The Morgan fingerprint density at radius 1 is 0.779 bits per heavy atom. The first-order chi connectivity index (χ1) is 36.3. The minimum absolute atomic E-state index is 0.00149. The van der Waals surface area contributed by atoms with Crippen molar-refractivity contribution in [3.8, 4) is 0 Å². The Morgan fingerprint density at radius 3 is 1.91 bits per heavy atom. The van der Waals surface area contributed by atoms with E-state index in [1.807, 2.05) is 53.2 Å². The molecule has 4 atom stereocenters. The van der Waals surface area contributed by atoms with Crippen molar-refractivity contribution in [3.05, 3.63) is 103 Å². The monoisotopic (exact) mass is 1120 g/mol. The maximum Gasteiger partial charge on any atom is 0.151 e. The molecule has 0 spiro atoms. The Balaban J connectivity index is 2.87. The quantitative estimate of drug-likeness (QED) is 0.0172. The summed E-state index contributed by atoms with van der Waals surface area (Å²) in [6.07, 6.45) is 44.1. The number of likely N-dealkylation sites (N-methyl/N-ethyl adjacent to an activating group) is 1. The Bertz CT molecular complexity index is 2120. The van der Waals surface area contributed by atoms with E-state index in [1.54, 1.807) is 6.08 Å². The summed E-state index contributed by atoms with van der Waals surface area (Å²) in [7, 11) is 2.13. The molecule has 0 saturated heterocycles. The SMILES string of the molecule is CCCCCCN(C)C(/C(S)=C/C=C/c1cc2c(s1)C(C)=C(/C=C(\SC)C(C)(C)C)OC2(CCC(C)CCCCCC(C)C)CCC(C)CCCC(C)C)=C(\C)C(O)N(CCCCCC)C(/C=C/C=C/C(C)(C)C)=C/C=O. The number of ether oxygens (including phenoxy) is 1. The van der Waals surface area contributed by atoms with Crippen molar-refractivity contribution in [3.63, 3.8) is 0 Å². The molecule has 438 valence electrons. The number of thioether (sulfide) groups is 1. The minimum atomic E-state index is -0.975. The van der Waals surface area contributed by atoms with E-state index in [0.717, 1.165) is 111 Å². The first-order valence-electron chi connectivity index (χ1n) is 30.6. The number of carbonyl (C=O) groups is 1. The molecule has 4 unspecified atom stereocenters. The van der Waals surface area contributed by atoms with Gasteiger partial charge in [-0.15, -0.1) is 35.7 Å². The van der Waals surface area contributed by atoms with Gasteiger partial charge in [-0.1, -0.05) is 211 Å². The minimum Gasteiger partial charge on any atom is -0.482 e. The molecular formula is C69H116N2O3S3. The van der Waals surface area contributed by atoms with Crippen molar-refractivity contribution in [1.29, 1.82) is 0 Å². The van der Waals surface area contributed by atoms with E-state index in [-0.39, 0.29) is 10.8 Å². The van der Waals surface area contributed by atoms with Crippen molar-refractivity contribution in [2.24, 2.45) is 34.5 Å². The van der Waals surface area contributed by atoms with Gasteiger partial charge < -0.3 is 19.6 Å². The van der Waals surface area contributed by atoms with Gasteiger partial charge in [0.25, 0.3) is 0 Å². The standard InChI is InChI=1S/C69H116N2O3S3/c1-19-21-23-30-47-70(17)64(57(10)66(73)71(48-31-24-22-20-2)58(43-49-72)38-28-29-44-67(11,12)13)62(75)40-33-39-59-50-60-65(77-59)56(9)61(51-63(76-18)68(14,15)16)74-69(60,46-42-55(8)37-32-35-53(5)6)45-41-54(7)36-27-25-26-34-52(3)4/h28-29,33,38-40,43-44,49-55,66,73,75H,19-27,30-32,34-37,41-42,45-48H2,1-18H3/b38-28+,39-33+,44-29+,58-43+,62-40-,63-51-,64-57+. The summed E-state index contributed by atoms with van der Waals surface area (Å²) in [5.41, 5.74) is 4.60. The Morgan fingerprint density at radius 2 is 1.35 bits per heavy atom. The van der Waals surface area contributed by atoms with Gasteiger partial charge in [-0.2, -0.15) is 0 Å². The van der Waals surface area contributed by atoms with Gasteiger partial charge in [0.2, 0.25) is 0 Å². The lowest BCUT2D eigenvalue weighted by atomic mass is 9.78. The third-order valence-electron chi connectivity index (χ3n) is 15.4. The maximum atomic E-state index is 12.5. The first-order valence-corrected chi connectivity index (χ1v) is 33.1. The first kappa shape index (κ1) is 70.5. The van der Waals surface area contributed by atoms with Crippen molar-refractivity contribution >= 4 is 53.7 Å². The van der Waals surface area contributed by atoms with Crippen LogP contribution in [-0.2, 0) is 15.1 Å². The molecule has 0 aromatic carbocycles. The molecule has 1 aliphatic heterocycles. The number of allylic oxidation sites excluding steroid dienone is 10. The average molecular weight is 1120 g/mol. The molecular weight excluding hydrogens is 1000 g/mol. The summed E-state index contributed by atoms with van der Waals surface area (Å²) in [5.74, 6) is 3.79. The molecule has 1 aromatic rings. The number of carbonyl (C=O) groups excluding carboxylic acids is 1. The molecule has 1 aliphatic rings. The Hall–Kier alpha value is -2.65. The number of thiophene rings is 1. The van der Waals surface area contributed by atoms with Crippen LogP contribution in [0.1, 0.15) is 255 Å². The highest BCUT2D eigenvalue weighted by molar-refractivity contribution is 8.02. The van der Waals surface area contributed by atoms with Crippen LogP contribution in [0.3, 0.4) is 0 Å². The van der Waals surface area contributed by atoms with Gasteiger partial charge in [0.15, 0.2) is 6.23 Å². The van der Waals surface area contributed by atoms with Gasteiger partial charge in [-0.3, -0.25) is 4.79 Å². The van der Waals surface area contributed by atoms with Gasteiger partial charge in [-0.05, 0) is 134 Å². The summed E-state index contributed by atoms with van der Waals surface area (Å²) < 4.78 is 7.67. The predicted octanol–water partition coefficient (Wildman–Crippen LogP) is 21.3. The smallest absolute Gasteiger partial charge is 0.151 e. The van der Waals surface area contributed by atoms with E-state index in [2.05, 4.69) is 159 Å². The van der Waals surface area contributed by atoms with E-state index in [0.29, 0.717) is 24.1 Å². The highest BCUT2D eigenvalue weighted by Gasteiger charge is 2.42. The maximum absolute atomic E-state index is 12.5. The van der Waals surface area contributed by atoms with E-state index in [4.69, 9.17) is 17.4 Å². The van der Waals surface area contributed by atoms with Crippen molar-refractivity contribution in [2.45, 2.75) is 251 Å². The van der Waals surface area contributed by atoms with Gasteiger partial charge in [0.1, 0.15) is 17.6 Å². The zero-order valence-corrected chi connectivity index (χ0v) is 55.2. The van der Waals surface area contributed by atoms with Crippen LogP contribution in [0.25, 0.3) is 11.6 Å². The fourth-order valence-electron chi connectivity index (χ4n) is 10.4. The van der Waals surface area contributed by atoms with Gasteiger partial charge in [-0.25, -0.2) is 0 Å². The van der Waals surface area contributed by atoms with Gasteiger partial charge in [0, 0.05) is 57.7 Å². The van der Waals surface area contributed by atoms with E-state index in [1.165, 1.54) is 90.0 Å². The van der Waals surface area contributed by atoms with E-state index >= 15 is 0 Å². The second kappa shape index (κ2) is 36.7. The van der Waals surface area contributed by atoms with Crippen LogP contribution in [-0.4, -0.2) is 53.8 Å². The third kappa shape index (κ3) is 26.2. The van der Waals surface area contributed by atoms with Crippen LogP contribution in [0.4, 0.5) is 0 Å². The summed E-state index contributed by atoms with van der Waals surface area (Å²) >= 11 is 9.02. The summed E-state index contributed by atoms with van der Waals surface area (Å²) in [6, 6.07) is 2.46. The lowest BCUT2D eigenvalue weighted by molar-refractivity contribution is -0.104. The molecule has 1 N–H and O–H groups in total. The highest BCUT2D eigenvalue weighted by atomic mass is 32.2. The molecule has 0 radical (unpaired) electrons. The number of aliphatic hydroxyl groups excluding tert-OH is 1. The summed E-state index contributed by atoms with van der Waals surface area (Å²) in [6.45, 7) is 38.0.